The van der Waals surface area contributed by atoms with Crippen LogP contribution in [0.5, 0.6) is 0 Å². The van der Waals surface area contributed by atoms with Gasteiger partial charge >= 0.3 is 0 Å². The van der Waals surface area contributed by atoms with Crippen LogP contribution in [-0.2, 0) is 12.8 Å². The second-order valence-electron chi connectivity index (χ2n) is 4.10. The highest BCUT2D eigenvalue weighted by Crippen LogP contribution is 2.19. The van der Waals surface area contributed by atoms with E-state index in [1.165, 1.54) is 0 Å². The third-order valence-electron chi connectivity index (χ3n) is 2.86. The van der Waals surface area contributed by atoms with E-state index >= 15 is 0 Å². The number of hydrogen-bond donors (Lipinski definition) is 2. The molecule has 3 aromatic rings. The maximum absolute atomic E-state index is 5.72. The normalized spacial score (nSPS) is 11.3. The summed E-state index contributed by atoms with van der Waals surface area (Å²) in [5, 5.41) is 12.0. The summed E-state index contributed by atoms with van der Waals surface area (Å²) in [5.41, 5.74) is 6.32. The molecule has 0 spiro atoms. The molecule has 3 N–H and O–H groups in total. The molecule has 0 unspecified atom stereocenters. The van der Waals surface area contributed by atoms with Gasteiger partial charge in [0.2, 0.25) is 5.95 Å². The number of nitrogens with two attached hydrogens (primary N) is 1. The predicted molar refractivity (Wildman–Crippen MR) is 69.8 cm³/mol. The summed E-state index contributed by atoms with van der Waals surface area (Å²) in [4.78, 5) is 12.8. The Morgan fingerprint density at radius 2 is 2.05 bits per heavy atom. The van der Waals surface area contributed by atoms with Crippen LogP contribution in [0.1, 0.15) is 25.5 Å². The van der Waals surface area contributed by atoms with Crippen molar-refractivity contribution in [3.05, 3.63) is 17.8 Å². The van der Waals surface area contributed by atoms with Gasteiger partial charge in [-0.25, -0.2) is 4.98 Å². The number of aromatic amines is 1. The highest BCUT2D eigenvalue weighted by molar-refractivity contribution is 5.82. The first kappa shape index (κ1) is 11.6. The zero-order valence-electron chi connectivity index (χ0n) is 10.8. The molecule has 98 valence electrons. The molecule has 0 aromatic carbocycles. The highest BCUT2D eigenvalue weighted by atomic mass is 15.4. The number of aryl methyl sites for hydroxylation is 2. The van der Waals surface area contributed by atoms with Crippen LogP contribution in [0.25, 0.3) is 16.9 Å². The molecule has 3 heterocycles. The summed E-state index contributed by atoms with van der Waals surface area (Å²) in [7, 11) is 0. The number of aromatic nitrogens is 7. The van der Waals surface area contributed by atoms with Crippen LogP contribution >= 0.6 is 0 Å². The van der Waals surface area contributed by atoms with Crippen molar-refractivity contribution in [2.24, 2.45) is 0 Å². The van der Waals surface area contributed by atoms with Crippen LogP contribution in [0.4, 0.5) is 5.95 Å². The molecular formula is C11H14N8. The zero-order valence-corrected chi connectivity index (χ0v) is 10.8. The summed E-state index contributed by atoms with van der Waals surface area (Å²) in [6.07, 6.45) is 3.20. The van der Waals surface area contributed by atoms with E-state index in [2.05, 4.69) is 30.2 Å². The molecule has 0 fully saturated rings. The Morgan fingerprint density at radius 1 is 1.21 bits per heavy atom. The Kier molecular flexibility index (Phi) is 2.62. The number of nitrogen functional groups attached to an aromatic ring is 1. The quantitative estimate of drug-likeness (QED) is 0.713. The second-order valence-corrected chi connectivity index (χ2v) is 4.10. The molecule has 8 heteroatoms. The van der Waals surface area contributed by atoms with Gasteiger partial charge in [0.25, 0.3) is 0 Å². The molecule has 3 aromatic heterocycles. The molecule has 0 aliphatic carbocycles. The minimum atomic E-state index is 0.183. The average molecular weight is 258 g/mol. The zero-order chi connectivity index (χ0) is 13.4. The van der Waals surface area contributed by atoms with E-state index in [-0.39, 0.29) is 5.95 Å². The van der Waals surface area contributed by atoms with Crippen LogP contribution < -0.4 is 5.73 Å². The van der Waals surface area contributed by atoms with Gasteiger partial charge in [0, 0.05) is 12.8 Å². The Hall–Kier alpha value is -2.51. The van der Waals surface area contributed by atoms with E-state index < -0.39 is 0 Å². The van der Waals surface area contributed by atoms with Crippen molar-refractivity contribution in [3.8, 4) is 5.82 Å². The van der Waals surface area contributed by atoms with E-state index in [0.717, 1.165) is 29.9 Å². The van der Waals surface area contributed by atoms with Crippen molar-refractivity contribution in [1.82, 2.24) is 34.9 Å². The Balaban J connectivity index is 2.28. The first-order chi connectivity index (χ1) is 9.22. The van der Waals surface area contributed by atoms with Gasteiger partial charge in [0.1, 0.15) is 5.82 Å². The lowest BCUT2D eigenvalue weighted by Crippen LogP contribution is -2.08. The maximum Gasteiger partial charge on any atom is 0.224 e. The number of nitrogens with zero attached hydrogens (tertiary/aromatic N) is 6. The first-order valence-electron chi connectivity index (χ1n) is 6.14. The van der Waals surface area contributed by atoms with Crippen LogP contribution in [0, 0.1) is 0 Å². The van der Waals surface area contributed by atoms with Gasteiger partial charge in [-0.2, -0.15) is 19.7 Å². The number of hydrogen-bond acceptors (Lipinski definition) is 6. The summed E-state index contributed by atoms with van der Waals surface area (Å²) in [6, 6.07) is 0. The molecule has 0 atom stereocenters. The summed E-state index contributed by atoms with van der Waals surface area (Å²) in [5.74, 6) is 2.42. The number of rotatable bonds is 3. The molecule has 0 radical (unpaired) electrons. The van der Waals surface area contributed by atoms with Gasteiger partial charge in [-0.1, -0.05) is 13.8 Å². The molecule has 0 bridgehead atoms. The van der Waals surface area contributed by atoms with Crippen LogP contribution in [0.3, 0.4) is 0 Å². The molecule has 19 heavy (non-hydrogen) atoms. The topological polar surface area (TPSA) is 111 Å². The molecule has 0 saturated carbocycles. The minimum absolute atomic E-state index is 0.183. The van der Waals surface area contributed by atoms with Crippen LogP contribution in [-0.4, -0.2) is 34.9 Å². The summed E-state index contributed by atoms with van der Waals surface area (Å²) >= 11 is 0. The Morgan fingerprint density at radius 3 is 2.79 bits per heavy atom. The third-order valence-corrected chi connectivity index (χ3v) is 2.86. The molecule has 0 aliphatic heterocycles. The van der Waals surface area contributed by atoms with Crippen molar-refractivity contribution >= 4 is 17.0 Å². The van der Waals surface area contributed by atoms with Gasteiger partial charge in [-0.15, -0.1) is 5.10 Å². The number of nitrogens with one attached hydrogen (secondary N) is 1. The van der Waals surface area contributed by atoms with Crippen molar-refractivity contribution in [3.63, 3.8) is 0 Å². The second kappa shape index (κ2) is 4.30. The molecular weight excluding hydrogens is 244 g/mol. The lowest BCUT2D eigenvalue weighted by atomic mass is 10.4. The average Bonchev–Trinajstić information content (AvgIpc) is 3.03. The number of fused-ring (bicyclic) bond motifs is 1. The van der Waals surface area contributed by atoms with E-state index in [4.69, 9.17) is 5.73 Å². The van der Waals surface area contributed by atoms with Crippen molar-refractivity contribution in [2.45, 2.75) is 26.7 Å². The summed E-state index contributed by atoms with van der Waals surface area (Å²) in [6.45, 7) is 4.04. The molecule has 0 amide bonds. The fraction of sp³-hybridized carbons (Fsp3) is 0.364. The third kappa shape index (κ3) is 1.81. The maximum atomic E-state index is 5.72. The Labute approximate surface area is 109 Å². The highest BCUT2D eigenvalue weighted by Gasteiger charge is 2.15. The smallest absolute Gasteiger partial charge is 0.224 e. The van der Waals surface area contributed by atoms with Gasteiger partial charge in [0.05, 0.1) is 11.6 Å². The monoisotopic (exact) mass is 258 g/mol. The SMILES string of the molecule is CCc1nc(CC)n(-c2nc(N)nc3[nH]ncc23)n1. The van der Waals surface area contributed by atoms with E-state index in [1.807, 2.05) is 13.8 Å². The molecule has 0 saturated heterocycles. The van der Waals surface area contributed by atoms with Gasteiger partial charge in [0.15, 0.2) is 17.3 Å². The number of H-pyrrole nitrogens is 1. The van der Waals surface area contributed by atoms with Crippen LogP contribution in [0.2, 0.25) is 0 Å². The summed E-state index contributed by atoms with van der Waals surface area (Å²) < 4.78 is 1.72. The van der Waals surface area contributed by atoms with E-state index in [9.17, 15) is 0 Å². The van der Waals surface area contributed by atoms with Gasteiger partial charge < -0.3 is 5.73 Å². The molecule has 3 rings (SSSR count). The van der Waals surface area contributed by atoms with Crippen molar-refractivity contribution < 1.29 is 0 Å². The number of anilines is 1. The van der Waals surface area contributed by atoms with Crippen molar-refractivity contribution in [2.75, 3.05) is 5.73 Å². The standard InChI is InChI=1S/C11H14N8/c1-3-7-14-8(4-2)19(18-7)10-6-5-13-17-9(6)15-11(12)16-10/h5H,3-4H2,1-2H3,(H3,12,13,15,16,17). The lowest BCUT2D eigenvalue weighted by Gasteiger charge is -2.04. The fourth-order valence-electron chi connectivity index (χ4n) is 1.94. The van der Waals surface area contributed by atoms with Crippen LogP contribution in [0.15, 0.2) is 6.20 Å². The van der Waals surface area contributed by atoms with Gasteiger partial charge in [-0.3, -0.25) is 5.10 Å². The van der Waals surface area contributed by atoms with Gasteiger partial charge in [-0.05, 0) is 0 Å². The minimum Gasteiger partial charge on any atom is -0.368 e. The predicted octanol–water partition coefficient (Wildman–Crippen LogP) is 0.641. The molecule has 0 aliphatic rings. The largest absolute Gasteiger partial charge is 0.368 e. The lowest BCUT2D eigenvalue weighted by molar-refractivity contribution is 0.774. The van der Waals surface area contributed by atoms with E-state index in [0.29, 0.717) is 11.5 Å². The first-order valence-corrected chi connectivity index (χ1v) is 6.14. The van der Waals surface area contributed by atoms with Crippen molar-refractivity contribution in [1.29, 1.82) is 0 Å². The Bertz CT molecular complexity index is 725. The fourth-order valence-corrected chi connectivity index (χ4v) is 1.94. The molecule has 8 nitrogen and oxygen atoms in total. The van der Waals surface area contributed by atoms with E-state index in [1.54, 1.807) is 10.9 Å².